The van der Waals surface area contributed by atoms with Crippen LogP contribution in [-0.2, 0) is 9.47 Å². The van der Waals surface area contributed by atoms with Gasteiger partial charge in [0.05, 0.1) is 24.4 Å². The average molecular weight is 298 g/mol. The molecule has 112 valence electrons. The van der Waals surface area contributed by atoms with E-state index in [-0.39, 0.29) is 12.0 Å². The van der Waals surface area contributed by atoms with E-state index in [1.165, 1.54) is 18.4 Å². The van der Waals surface area contributed by atoms with Gasteiger partial charge in [-0.2, -0.15) is 0 Å². The van der Waals surface area contributed by atoms with E-state index in [1.54, 1.807) is 7.11 Å². The van der Waals surface area contributed by atoms with Crippen molar-refractivity contribution in [3.63, 3.8) is 0 Å². The van der Waals surface area contributed by atoms with Crippen LogP contribution in [0.1, 0.15) is 47.3 Å². The Balaban J connectivity index is 2.28. The zero-order chi connectivity index (χ0) is 14.7. The van der Waals surface area contributed by atoms with Crippen molar-refractivity contribution in [3.05, 3.63) is 10.4 Å². The number of thiophene rings is 1. The summed E-state index contributed by atoms with van der Waals surface area (Å²) in [7, 11) is 3.07. The molecule has 0 saturated heterocycles. The highest BCUT2D eigenvalue weighted by molar-refractivity contribution is 7.18. The fourth-order valence-electron chi connectivity index (χ4n) is 2.23. The van der Waals surface area contributed by atoms with Crippen LogP contribution in [0.25, 0.3) is 0 Å². The molecule has 0 spiro atoms. The van der Waals surface area contributed by atoms with Crippen molar-refractivity contribution in [2.75, 3.05) is 31.9 Å². The molecule has 1 aromatic heterocycles. The van der Waals surface area contributed by atoms with Crippen LogP contribution in [0.3, 0.4) is 0 Å². The summed E-state index contributed by atoms with van der Waals surface area (Å²) in [5, 5.41) is 4.46. The number of nitrogens with one attached hydrogen (secondary N) is 1. The second kappa shape index (κ2) is 6.45. The first-order valence-electron chi connectivity index (χ1n) is 6.88. The van der Waals surface area contributed by atoms with Gasteiger partial charge >= 0.3 is 5.97 Å². The number of carbonyl (C=O) groups is 1. The number of anilines is 2. The number of ether oxygens (including phenoxy) is 2. The number of methoxy groups -OCH3 is 2. The molecule has 3 N–H and O–H groups in total. The van der Waals surface area contributed by atoms with Crippen LogP contribution in [0.5, 0.6) is 0 Å². The second-order valence-corrected chi connectivity index (χ2v) is 6.08. The maximum Gasteiger partial charge on any atom is 0.350 e. The number of nitrogen functional groups attached to an aromatic ring is 1. The van der Waals surface area contributed by atoms with Crippen molar-refractivity contribution in [1.82, 2.24) is 0 Å². The van der Waals surface area contributed by atoms with Crippen molar-refractivity contribution in [3.8, 4) is 0 Å². The molecule has 5 nitrogen and oxygen atoms in total. The molecule has 20 heavy (non-hydrogen) atoms. The van der Waals surface area contributed by atoms with Gasteiger partial charge in [-0.05, 0) is 25.2 Å². The number of hydrogen-bond acceptors (Lipinski definition) is 6. The quantitative estimate of drug-likeness (QED) is 0.757. The Morgan fingerprint density at radius 1 is 1.50 bits per heavy atom. The molecule has 1 atom stereocenters. The van der Waals surface area contributed by atoms with E-state index in [2.05, 4.69) is 12.2 Å². The molecular formula is C14H22N2O3S. The summed E-state index contributed by atoms with van der Waals surface area (Å²) in [6.45, 7) is 2.73. The number of nitrogens with two attached hydrogens (primary N) is 1. The zero-order valence-corrected chi connectivity index (χ0v) is 13.0. The topological polar surface area (TPSA) is 73.6 Å². The van der Waals surface area contributed by atoms with Gasteiger partial charge in [0.25, 0.3) is 0 Å². The number of esters is 1. The Hall–Kier alpha value is -1.27. The molecule has 6 heteroatoms. The molecule has 1 aliphatic carbocycles. The largest absolute Gasteiger partial charge is 0.465 e. The molecular weight excluding hydrogens is 276 g/mol. The minimum Gasteiger partial charge on any atom is -0.465 e. The van der Waals surface area contributed by atoms with Crippen LogP contribution < -0.4 is 11.1 Å². The van der Waals surface area contributed by atoms with Crippen molar-refractivity contribution in [1.29, 1.82) is 0 Å². The highest BCUT2D eigenvalue weighted by atomic mass is 32.1. The molecule has 0 aromatic carbocycles. The van der Waals surface area contributed by atoms with Gasteiger partial charge in [-0.25, -0.2) is 4.79 Å². The average Bonchev–Trinajstić information content (AvgIpc) is 3.22. The van der Waals surface area contributed by atoms with Gasteiger partial charge < -0.3 is 20.5 Å². The Morgan fingerprint density at radius 3 is 2.70 bits per heavy atom. The summed E-state index contributed by atoms with van der Waals surface area (Å²) in [6, 6.07) is 0.223. The van der Waals surface area contributed by atoms with Gasteiger partial charge in [-0.15, -0.1) is 11.3 Å². The normalized spacial score (nSPS) is 15.9. The van der Waals surface area contributed by atoms with Crippen LogP contribution in [0, 0.1) is 0 Å². The minimum atomic E-state index is -0.359. The fourth-order valence-corrected chi connectivity index (χ4v) is 3.44. The molecule has 1 aromatic rings. The maximum atomic E-state index is 11.8. The lowest BCUT2D eigenvalue weighted by atomic mass is 10.1. The summed E-state index contributed by atoms with van der Waals surface area (Å²) < 4.78 is 10.0. The first-order chi connectivity index (χ1) is 9.62. The van der Waals surface area contributed by atoms with Crippen LogP contribution in [0.2, 0.25) is 0 Å². The van der Waals surface area contributed by atoms with E-state index in [4.69, 9.17) is 15.2 Å². The van der Waals surface area contributed by atoms with Gasteiger partial charge in [0.2, 0.25) is 0 Å². The predicted molar refractivity (Wildman–Crippen MR) is 81.6 cm³/mol. The molecule has 1 aliphatic rings. The van der Waals surface area contributed by atoms with E-state index < -0.39 is 0 Å². The third kappa shape index (κ3) is 3.07. The van der Waals surface area contributed by atoms with Crippen molar-refractivity contribution in [2.24, 2.45) is 0 Å². The molecule has 1 heterocycles. The number of rotatable bonds is 7. The molecule has 0 aliphatic heterocycles. The Labute approximate surface area is 123 Å². The van der Waals surface area contributed by atoms with Crippen molar-refractivity contribution in [2.45, 2.75) is 38.1 Å². The van der Waals surface area contributed by atoms with E-state index in [1.807, 2.05) is 0 Å². The standard InChI is InChI=1S/C14H22N2O3S/c1-4-9(7-18-2)16-13-10(8-5-6-8)11(15)12(20-13)14(17)19-3/h8-9,16H,4-7,15H2,1-3H3. The first kappa shape index (κ1) is 15.1. The number of hydrogen-bond donors (Lipinski definition) is 2. The van der Waals surface area contributed by atoms with Gasteiger partial charge in [-0.1, -0.05) is 6.92 Å². The summed E-state index contributed by atoms with van der Waals surface area (Å²) in [5.41, 5.74) is 7.82. The molecule has 0 amide bonds. The lowest BCUT2D eigenvalue weighted by Crippen LogP contribution is -2.23. The van der Waals surface area contributed by atoms with Crippen LogP contribution in [-0.4, -0.2) is 32.8 Å². The molecule has 1 unspecified atom stereocenters. The lowest BCUT2D eigenvalue weighted by molar-refractivity contribution is 0.0607. The Bertz CT molecular complexity index is 483. The molecule has 0 radical (unpaired) electrons. The summed E-state index contributed by atoms with van der Waals surface area (Å²) >= 11 is 1.39. The molecule has 1 saturated carbocycles. The maximum absolute atomic E-state index is 11.8. The van der Waals surface area contributed by atoms with E-state index in [0.29, 0.717) is 23.1 Å². The van der Waals surface area contributed by atoms with Crippen LogP contribution >= 0.6 is 11.3 Å². The van der Waals surface area contributed by atoms with Crippen LogP contribution in [0.15, 0.2) is 0 Å². The third-order valence-electron chi connectivity index (χ3n) is 3.54. The van der Waals surface area contributed by atoms with Gasteiger partial charge in [0, 0.05) is 18.7 Å². The summed E-state index contributed by atoms with van der Waals surface area (Å²) in [4.78, 5) is 12.3. The fraction of sp³-hybridized carbons (Fsp3) is 0.643. The summed E-state index contributed by atoms with van der Waals surface area (Å²) in [6.07, 6.45) is 3.22. The smallest absolute Gasteiger partial charge is 0.350 e. The number of carbonyl (C=O) groups excluding carboxylic acids is 1. The van der Waals surface area contributed by atoms with Crippen molar-refractivity contribution < 1.29 is 14.3 Å². The van der Waals surface area contributed by atoms with Gasteiger partial charge in [0.1, 0.15) is 4.88 Å². The van der Waals surface area contributed by atoms with E-state index in [9.17, 15) is 4.79 Å². The van der Waals surface area contributed by atoms with Gasteiger partial charge in [0.15, 0.2) is 0 Å². The molecule has 0 bridgehead atoms. The second-order valence-electron chi connectivity index (χ2n) is 5.06. The van der Waals surface area contributed by atoms with Crippen LogP contribution in [0.4, 0.5) is 10.7 Å². The summed E-state index contributed by atoms with van der Waals surface area (Å²) in [5.74, 6) is 0.120. The highest BCUT2D eigenvalue weighted by Gasteiger charge is 2.33. The predicted octanol–water partition coefficient (Wildman–Crippen LogP) is 2.83. The highest BCUT2D eigenvalue weighted by Crippen LogP contribution is 2.51. The zero-order valence-electron chi connectivity index (χ0n) is 12.2. The Kier molecular flexibility index (Phi) is 4.88. The van der Waals surface area contributed by atoms with E-state index >= 15 is 0 Å². The first-order valence-corrected chi connectivity index (χ1v) is 7.69. The van der Waals surface area contributed by atoms with Crippen molar-refractivity contribution >= 4 is 28.0 Å². The Morgan fingerprint density at radius 2 is 2.20 bits per heavy atom. The third-order valence-corrected chi connectivity index (χ3v) is 4.67. The SMILES string of the molecule is CCC(COC)Nc1sc(C(=O)OC)c(N)c1C1CC1. The monoisotopic (exact) mass is 298 g/mol. The molecule has 2 rings (SSSR count). The van der Waals surface area contributed by atoms with E-state index in [0.717, 1.165) is 29.8 Å². The molecule has 1 fully saturated rings. The lowest BCUT2D eigenvalue weighted by Gasteiger charge is -2.17. The van der Waals surface area contributed by atoms with Gasteiger partial charge in [-0.3, -0.25) is 0 Å². The minimum absolute atomic E-state index is 0.223.